The second kappa shape index (κ2) is 14.8. The zero-order valence-electron chi connectivity index (χ0n) is 27.6. The van der Waals surface area contributed by atoms with E-state index in [4.69, 9.17) is 16.3 Å². The van der Waals surface area contributed by atoms with E-state index in [1.54, 1.807) is 56.8 Å². The van der Waals surface area contributed by atoms with Crippen molar-refractivity contribution < 1.29 is 24.2 Å². The molecule has 2 bridgehead atoms. The lowest BCUT2D eigenvalue weighted by Gasteiger charge is -2.40. The van der Waals surface area contributed by atoms with Crippen LogP contribution in [0.4, 0.5) is 11.4 Å². The van der Waals surface area contributed by atoms with Gasteiger partial charge in [0.1, 0.15) is 11.8 Å². The van der Waals surface area contributed by atoms with Crippen LogP contribution in [0, 0.1) is 11.8 Å². The molecule has 3 fully saturated rings. The van der Waals surface area contributed by atoms with Crippen LogP contribution in [0.3, 0.4) is 0 Å². The van der Waals surface area contributed by atoms with E-state index in [2.05, 4.69) is 13.2 Å². The van der Waals surface area contributed by atoms with Crippen LogP contribution in [0.5, 0.6) is 5.75 Å². The highest BCUT2D eigenvalue weighted by Crippen LogP contribution is 2.67. The van der Waals surface area contributed by atoms with E-state index in [1.165, 1.54) is 0 Å². The van der Waals surface area contributed by atoms with Gasteiger partial charge in [-0.15, -0.1) is 24.9 Å². The molecule has 6 atom stereocenters. The Morgan fingerprint density at radius 3 is 2.35 bits per heavy atom. The number of carbonyl (C=O) groups excluding carboxylic acids is 3. The molecule has 1 N–H and O–H groups in total. The van der Waals surface area contributed by atoms with Crippen molar-refractivity contribution in [3.63, 3.8) is 0 Å². The first-order valence-electron chi connectivity index (χ1n) is 16.8. The van der Waals surface area contributed by atoms with Crippen molar-refractivity contribution in [1.82, 2.24) is 4.90 Å². The molecule has 256 valence electrons. The Labute approximate surface area is 297 Å². The number of nitrogens with zero attached hydrogens (tertiary/aromatic N) is 3. The number of ether oxygens (including phenoxy) is 1. The minimum Gasteiger partial charge on any atom is -0.494 e. The number of rotatable bonds is 14. The number of benzene rings is 3. The van der Waals surface area contributed by atoms with E-state index < -0.39 is 28.7 Å². The predicted octanol–water partition coefficient (Wildman–Crippen LogP) is 6.17. The molecule has 3 saturated heterocycles. The van der Waals surface area contributed by atoms with Gasteiger partial charge in [0.2, 0.25) is 11.8 Å². The zero-order chi connectivity index (χ0) is 34.7. The molecule has 1 spiro atoms. The van der Waals surface area contributed by atoms with E-state index in [9.17, 15) is 14.7 Å². The molecule has 3 aromatic rings. The van der Waals surface area contributed by atoms with Crippen molar-refractivity contribution in [1.29, 1.82) is 0 Å². The SMILES string of the molecule is C=CCN(C(=O)[C@@H]1[C@@H]2CCC3(S2)C(C(=O)N(CC=C)c2ccccc2Cl)N([C@@H](CO)Cc2ccccc2)C(=O)[C@H]13)c1ccc(OCC)cc1. The lowest BCUT2D eigenvalue weighted by atomic mass is 9.70. The fourth-order valence-corrected chi connectivity index (χ4v) is 10.4. The van der Waals surface area contributed by atoms with Gasteiger partial charge in [-0.3, -0.25) is 14.4 Å². The van der Waals surface area contributed by atoms with Crippen molar-refractivity contribution in [2.45, 2.75) is 48.3 Å². The highest BCUT2D eigenvalue weighted by Gasteiger charge is 2.74. The van der Waals surface area contributed by atoms with Gasteiger partial charge < -0.3 is 24.5 Å². The van der Waals surface area contributed by atoms with Gasteiger partial charge in [-0.25, -0.2) is 0 Å². The molecule has 0 radical (unpaired) electrons. The van der Waals surface area contributed by atoms with Gasteiger partial charge in [0.05, 0.1) is 46.5 Å². The Morgan fingerprint density at radius 2 is 1.69 bits per heavy atom. The number of hydrogen-bond donors (Lipinski definition) is 1. The van der Waals surface area contributed by atoms with Gasteiger partial charge in [0.25, 0.3) is 5.91 Å². The highest BCUT2D eigenvalue weighted by atomic mass is 35.5. The lowest BCUT2D eigenvalue weighted by molar-refractivity contribution is -0.141. The number of hydrogen-bond acceptors (Lipinski definition) is 6. The number of halogens is 1. The van der Waals surface area contributed by atoms with Crippen LogP contribution in [-0.2, 0) is 20.8 Å². The summed E-state index contributed by atoms with van der Waals surface area (Å²) >= 11 is 8.25. The predicted molar refractivity (Wildman–Crippen MR) is 196 cm³/mol. The molecule has 0 saturated carbocycles. The molecule has 3 amide bonds. The maximum atomic E-state index is 15.1. The average Bonchev–Trinajstić information content (AvgIpc) is 3.77. The summed E-state index contributed by atoms with van der Waals surface area (Å²) in [6.45, 7) is 10.3. The molecular formula is C39H42ClN3O5S. The molecule has 49 heavy (non-hydrogen) atoms. The molecule has 0 aliphatic carbocycles. The largest absolute Gasteiger partial charge is 0.494 e. The number of carbonyl (C=O) groups is 3. The molecular weight excluding hydrogens is 658 g/mol. The van der Waals surface area contributed by atoms with Gasteiger partial charge in [-0.05, 0) is 68.1 Å². The van der Waals surface area contributed by atoms with Crippen LogP contribution in [-0.4, -0.2) is 76.1 Å². The van der Waals surface area contributed by atoms with E-state index >= 15 is 4.79 Å². The molecule has 2 unspecified atom stereocenters. The second-order valence-corrected chi connectivity index (χ2v) is 14.7. The average molecular weight is 700 g/mol. The Morgan fingerprint density at radius 1 is 1.02 bits per heavy atom. The minimum absolute atomic E-state index is 0.149. The summed E-state index contributed by atoms with van der Waals surface area (Å²) in [5.74, 6) is -1.47. The standard InChI is InChI=1S/C39H42ClN3O5S/c1-4-22-41(27-16-18-29(19-17-27)48-6-3)36(45)33-32-20-21-39(49-32)34(33)37(46)43(28(25-44)24-26-12-8-7-9-13-26)35(39)38(47)42(23-5-2)31-15-11-10-14-30(31)40/h4-5,7-19,28,32-35,44H,1-2,6,20-25H2,3H3/t28-,32+,33-,34+,35?,39?/m1/s1. The van der Waals surface area contributed by atoms with Crippen LogP contribution in [0.15, 0.2) is 104 Å². The third kappa shape index (κ3) is 6.28. The minimum atomic E-state index is -0.937. The summed E-state index contributed by atoms with van der Waals surface area (Å²) in [4.78, 5) is 49.7. The summed E-state index contributed by atoms with van der Waals surface area (Å²) in [6, 6.07) is 22.5. The summed E-state index contributed by atoms with van der Waals surface area (Å²) in [7, 11) is 0. The fraction of sp³-hybridized carbons (Fsp3) is 0.359. The second-order valence-electron chi connectivity index (χ2n) is 12.7. The normalized spacial score (nSPS) is 24.3. The molecule has 10 heteroatoms. The summed E-state index contributed by atoms with van der Waals surface area (Å²) in [6.07, 6.45) is 4.95. The van der Waals surface area contributed by atoms with Gasteiger partial charge in [-0.2, -0.15) is 0 Å². The highest BCUT2D eigenvalue weighted by molar-refractivity contribution is 8.02. The van der Waals surface area contributed by atoms with E-state index in [0.717, 1.165) is 5.56 Å². The topological polar surface area (TPSA) is 90.4 Å². The number of fused-ring (bicyclic) bond motifs is 1. The molecule has 3 aliphatic heterocycles. The summed E-state index contributed by atoms with van der Waals surface area (Å²) in [5, 5.41) is 11.1. The Balaban J connectivity index is 1.43. The number of aliphatic hydroxyl groups is 1. The van der Waals surface area contributed by atoms with Gasteiger partial charge >= 0.3 is 0 Å². The van der Waals surface area contributed by atoms with Crippen molar-refractivity contribution in [3.8, 4) is 5.75 Å². The molecule has 8 nitrogen and oxygen atoms in total. The quantitative estimate of drug-likeness (QED) is 0.203. The monoisotopic (exact) mass is 699 g/mol. The Hall–Kier alpha value is -4.05. The first kappa shape index (κ1) is 34.8. The molecule has 3 heterocycles. The molecule has 3 aliphatic rings. The fourth-order valence-electron chi connectivity index (χ4n) is 7.96. The van der Waals surface area contributed by atoms with E-state index in [-0.39, 0.29) is 42.7 Å². The number of amides is 3. The number of thioether (sulfide) groups is 1. The van der Waals surface area contributed by atoms with Crippen molar-refractivity contribution >= 4 is 52.5 Å². The zero-order valence-corrected chi connectivity index (χ0v) is 29.2. The van der Waals surface area contributed by atoms with E-state index in [1.807, 2.05) is 67.6 Å². The molecule has 3 aromatic carbocycles. The van der Waals surface area contributed by atoms with Crippen molar-refractivity contribution in [2.24, 2.45) is 11.8 Å². The van der Waals surface area contributed by atoms with Crippen molar-refractivity contribution in [3.05, 3.63) is 115 Å². The number of likely N-dealkylation sites (tertiary alicyclic amines) is 1. The van der Waals surface area contributed by atoms with Gasteiger partial charge in [0, 0.05) is 24.0 Å². The third-order valence-electron chi connectivity index (χ3n) is 9.93. The lowest BCUT2D eigenvalue weighted by Crippen LogP contribution is -2.58. The third-order valence-corrected chi connectivity index (χ3v) is 12.2. The van der Waals surface area contributed by atoms with Crippen LogP contribution >= 0.6 is 23.4 Å². The van der Waals surface area contributed by atoms with Crippen molar-refractivity contribution in [2.75, 3.05) is 36.1 Å². The number of para-hydroxylation sites is 1. The van der Waals surface area contributed by atoms with Gasteiger partial charge in [0.15, 0.2) is 0 Å². The maximum Gasteiger partial charge on any atom is 0.251 e. The molecule has 6 rings (SSSR count). The smallest absolute Gasteiger partial charge is 0.251 e. The first-order chi connectivity index (χ1) is 23.8. The summed E-state index contributed by atoms with van der Waals surface area (Å²) < 4.78 is 4.75. The van der Waals surface area contributed by atoms with Crippen LogP contribution in [0.1, 0.15) is 25.3 Å². The van der Waals surface area contributed by atoms with Crippen LogP contribution < -0.4 is 14.5 Å². The van der Waals surface area contributed by atoms with Crippen LogP contribution in [0.2, 0.25) is 5.02 Å². The Bertz CT molecular complexity index is 1700. The number of aliphatic hydroxyl groups excluding tert-OH is 1. The summed E-state index contributed by atoms with van der Waals surface area (Å²) in [5.41, 5.74) is 2.13. The maximum absolute atomic E-state index is 15.1. The molecule has 0 aromatic heterocycles. The number of anilines is 2. The van der Waals surface area contributed by atoms with E-state index in [0.29, 0.717) is 48.0 Å². The first-order valence-corrected chi connectivity index (χ1v) is 18.0. The van der Waals surface area contributed by atoms with Gasteiger partial charge in [-0.1, -0.05) is 66.2 Å². The van der Waals surface area contributed by atoms with Crippen LogP contribution in [0.25, 0.3) is 0 Å². The Kier molecular flexibility index (Phi) is 10.5.